The summed E-state index contributed by atoms with van der Waals surface area (Å²) >= 11 is 0. The Morgan fingerprint density at radius 2 is 1.83 bits per heavy atom. The van der Waals surface area contributed by atoms with E-state index in [-0.39, 0.29) is 23.0 Å². The number of rotatable bonds is 8. The third-order valence-corrected chi connectivity index (χ3v) is 7.58. The van der Waals surface area contributed by atoms with Crippen LogP contribution in [-0.2, 0) is 21.3 Å². The molecule has 2 heterocycles. The van der Waals surface area contributed by atoms with Gasteiger partial charge in [0.15, 0.2) is 0 Å². The Kier molecular flexibility index (Phi) is 7.27. The average Bonchev–Trinajstić information content (AvgIpc) is 3.19. The van der Waals surface area contributed by atoms with Crippen molar-refractivity contribution in [2.45, 2.75) is 44.5 Å². The number of nitrogens with zero attached hydrogens (tertiary/aromatic N) is 3. The predicted octanol–water partition coefficient (Wildman–Crippen LogP) is 5.21. The van der Waals surface area contributed by atoms with E-state index >= 15 is 0 Å². The highest BCUT2D eigenvalue weighted by Crippen LogP contribution is 2.30. The summed E-state index contributed by atoms with van der Waals surface area (Å²) in [6, 6.07) is 9.61. The number of anilines is 1. The van der Waals surface area contributed by atoms with Crippen LogP contribution in [0.2, 0.25) is 0 Å². The number of ether oxygens (including phenoxy) is 2. The molecule has 0 radical (unpaired) electrons. The second-order valence-corrected chi connectivity index (χ2v) is 11.0. The first-order valence-electron chi connectivity index (χ1n) is 11.4. The summed E-state index contributed by atoms with van der Waals surface area (Å²) in [6.07, 6.45) is -1.05. The number of hydrogen-bond donors (Lipinski definition) is 0. The molecule has 0 bridgehead atoms. The number of halogens is 3. The molecule has 3 aromatic rings. The lowest BCUT2D eigenvalue weighted by Gasteiger charge is -2.26. The summed E-state index contributed by atoms with van der Waals surface area (Å²) < 4.78 is 77.1. The molecule has 1 aliphatic rings. The van der Waals surface area contributed by atoms with E-state index in [1.54, 1.807) is 12.1 Å². The first kappa shape index (κ1) is 25.3. The monoisotopic (exact) mass is 511 g/mol. The molecule has 0 spiro atoms. The molecule has 2 aromatic carbocycles. The topological polar surface area (TPSA) is 73.7 Å². The van der Waals surface area contributed by atoms with Gasteiger partial charge in [-0.05, 0) is 67.1 Å². The lowest BCUT2D eigenvalue weighted by atomic mass is 10.0. The molecule has 4 rings (SSSR count). The van der Waals surface area contributed by atoms with Crippen molar-refractivity contribution in [3.05, 3.63) is 48.7 Å². The minimum Gasteiger partial charge on any atom is -0.406 e. The summed E-state index contributed by atoms with van der Waals surface area (Å²) in [4.78, 5) is 0.0897. The van der Waals surface area contributed by atoms with Crippen molar-refractivity contribution in [2.75, 3.05) is 24.1 Å². The zero-order chi connectivity index (χ0) is 25.2. The zero-order valence-electron chi connectivity index (χ0n) is 19.5. The fourth-order valence-electron chi connectivity index (χ4n) is 4.12. The second-order valence-electron chi connectivity index (χ2n) is 9.10. The molecule has 0 saturated carbocycles. The van der Waals surface area contributed by atoms with Gasteiger partial charge in [0.1, 0.15) is 5.75 Å². The summed E-state index contributed by atoms with van der Waals surface area (Å²) in [5.41, 5.74) is 0.948. The van der Waals surface area contributed by atoms with Crippen LogP contribution in [0, 0.1) is 11.8 Å². The molecule has 35 heavy (non-hydrogen) atoms. The molecule has 0 amide bonds. The highest BCUT2D eigenvalue weighted by molar-refractivity contribution is 7.92. The quantitative estimate of drug-likeness (QED) is 0.415. The van der Waals surface area contributed by atoms with E-state index in [0.717, 1.165) is 44.7 Å². The first-order valence-corrected chi connectivity index (χ1v) is 12.9. The molecule has 0 atom stereocenters. The molecule has 7 nitrogen and oxygen atoms in total. The predicted molar refractivity (Wildman–Crippen MR) is 126 cm³/mol. The van der Waals surface area contributed by atoms with Crippen LogP contribution in [0.4, 0.5) is 18.9 Å². The van der Waals surface area contributed by atoms with Crippen LogP contribution in [0.5, 0.6) is 5.75 Å². The van der Waals surface area contributed by atoms with Gasteiger partial charge in [-0.2, -0.15) is 5.10 Å². The summed E-state index contributed by atoms with van der Waals surface area (Å²) in [5.74, 6) is 0.0235. The van der Waals surface area contributed by atoms with Crippen LogP contribution in [0.25, 0.3) is 10.9 Å². The SMILES string of the molecule is CC(C)CN(c1ccc(OC(F)(F)F)cc1)S(=O)(=O)c1ccc2nn(CC3CCOCC3)cc2c1. The van der Waals surface area contributed by atoms with Crippen LogP contribution in [-0.4, -0.2) is 44.3 Å². The fourth-order valence-corrected chi connectivity index (χ4v) is 5.78. The smallest absolute Gasteiger partial charge is 0.406 e. The van der Waals surface area contributed by atoms with E-state index < -0.39 is 22.1 Å². The van der Waals surface area contributed by atoms with E-state index in [4.69, 9.17) is 4.74 Å². The number of benzene rings is 2. The maximum atomic E-state index is 13.6. The van der Waals surface area contributed by atoms with E-state index in [0.29, 0.717) is 16.8 Å². The Labute approximate surface area is 202 Å². The summed E-state index contributed by atoms with van der Waals surface area (Å²) in [5, 5.41) is 5.29. The number of aromatic nitrogens is 2. The van der Waals surface area contributed by atoms with Crippen molar-refractivity contribution in [2.24, 2.45) is 11.8 Å². The van der Waals surface area contributed by atoms with Gasteiger partial charge in [0.05, 0.1) is 16.1 Å². The zero-order valence-corrected chi connectivity index (χ0v) is 20.3. The van der Waals surface area contributed by atoms with E-state index in [9.17, 15) is 21.6 Å². The Hall–Kier alpha value is -2.79. The van der Waals surface area contributed by atoms with Crippen LogP contribution >= 0.6 is 0 Å². The van der Waals surface area contributed by atoms with Gasteiger partial charge in [-0.25, -0.2) is 8.42 Å². The Bertz CT molecular complexity index is 1250. The molecule has 0 N–H and O–H groups in total. The standard InChI is InChI=1S/C24H28F3N3O4S/c1-17(2)14-30(20-3-5-21(6-4-20)34-24(25,26)27)35(31,32)22-7-8-23-19(13-22)16-29(28-23)15-18-9-11-33-12-10-18/h3-8,13,16-18H,9-12,14-15H2,1-2H3. The molecule has 0 unspecified atom stereocenters. The van der Waals surface area contributed by atoms with Gasteiger partial charge < -0.3 is 9.47 Å². The molecule has 190 valence electrons. The van der Waals surface area contributed by atoms with E-state index in [1.165, 1.54) is 22.5 Å². The molecule has 0 aliphatic carbocycles. The molecule has 1 aliphatic heterocycles. The number of sulfonamides is 1. The molecule has 11 heteroatoms. The second kappa shape index (κ2) is 10.1. The van der Waals surface area contributed by atoms with Crippen molar-refractivity contribution in [1.82, 2.24) is 9.78 Å². The molecular weight excluding hydrogens is 483 g/mol. The van der Waals surface area contributed by atoms with Crippen molar-refractivity contribution in [1.29, 1.82) is 0 Å². The van der Waals surface area contributed by atoms with Gasteiger partial charge in [-0.15, -0.1) is 13.2 Å². The maximum Gasteiger partial charge on any atom is 0.573 e. The Morgan fingerprint density at radius 3 is 2.46 bits per heavy atom. The number of hydrogen-bond acceptors (Lipinski definition) is 5. The van der Waals surface area contributed by atoms with Crippen molar-refractivity contribution < 1.29 is 31.1 Å². The van der Waals surface area contributed by atoms with Crippen LogP contribution in [0.3, 0.4) is 0 Å². The lowest BCUT2D eigenvalue weighted by Crippen LogP contribution is -2.34. The third-order valence-electron chi connectivity index (χ3n) is 5.79. The van der Waals surface area contributed by atoms with Gasteiger partial charge >= 0.3 is 6.36 Å². The summed E-state index contributed by atoms with van der Waals surface area (Å²) in [7, 11) is -3.99. The van der Waals surface area contributed by atoms with Crippen molar-refractivity contribution in [3.8, 4) is 5.75 Å². The Balaban J connectivity index is 1.61. The van der Waals surface area contributed by atoms with Gasteiger partial charge in [0, 0.05) is 37.9 Å². The van der Waals surface area contributed by atoms with Gasteiger partial charge in [-0.3, -0.25) is 8.99 Å². The number of alkyl halides is 3. The van der Waals surface area contributed by atoms with Crippen LogP contribution in [0.1, 0.15) is 26.7 Å². The average molecular weight is 512 g/mol. The molecule has 1 saturated heterocycles. The fraction of sp³-hybridized carbons (Fsp3) is 0.458. The molecular formula is C24H28F3N3O4S. The number of fused-ring (bicyclic) bond motifs is 1. The van der Waals surface area contributed by atoms with Gasteiger partial charge in [-0.1, -0.05) is 13.8 Å². The minimum absolute atomic E-state index is 0.0261. The minimum atomic E-state index is -4.82. The highest BCUT2D eigenvalue weighted by Gasteiger charge is 2.31. The van der Waals surface area contributed by atoms with Gasteiger partial charge in [0.25, 0.3) is 10.0 Å². The first-order chi connectivity index (χ1) is 16.5. The molecule has 1 aromatic heterocycles. The van der Waals surface area contributed by atoms with E-state index in [2.05, 4.69) is 9.84 Å². The molecule has 1 fully saturated rings. The van der Waals surface area contributed by atoms with Crippen molar-refractivity contribution >= 4 is 26.6 Å². The highest BCUT2D eigenvalue weighted by atomic mass is 32.2. The maximum absolute atomic E-state index is 13.6. The Morgan fingerprint density at radius 1 is 1.14 bits per heavy atom. The third kappa shape index (κ3) is 6.26. The van der Waals surface area contributed by atoms with Gasteiger partial charge in [0.2, 0.25) is 0 Å². The van der Waals surface area contributed by atoms with Crippen molar-refractivity contribution in [3.63, 3.8) is 0 Å². The van der Waals surface area contributed by atoms with Crippen LogP contribution < -0.4 is 9.04 Å². The summed E-state index contributed by atoms with van der Waals surface area (Å²) in [6.45, 7) is 6.11. The largest absolute Gasteiger partial charge is 0.573 e. The lowest BCUT2D eigenvalue weighted by molar-refractivity contribution is -0.274. The van der Waals surface area contributed by atoms with E-state index in [1.807, 2.05) is 24.7 Å². The normalized spacial score (nSPS) is 15.6. The van der Waals surface area contributed by atoms with Crippen LogP contribution in [0.15, 0.2) is 53.6 Å².